The van der Waals surface area contributed by atoms with Gasteiger partial charge >= 0.3 is 0 Å². The van der Waals surface area contributed by atoms with E-state index < -0.39 is 5.24 Å². The number of benzene rings is 1. The summed E-state index contributed by atoms with van der Waals surface area (Å²) >= 11 is 5.40. The first-order valence-corrected chi connectivity index (χ1v) is 5.93. The van der Waals surface area contributed by atoms with E-state index in [4.69, 9.17) is 21.1 Å². The molecule has 3 nitrogen and oxygen atoms in total. The second-order valence-corrected chi connectivity index (χ2v) is 4.51. The quantitative estimate of drug-likeness (QED) is 0.731. The Balaban J connectivity index is 2.75. The molecular weight excluding hydrogens is 240 g/mol. The largest absolute Gasteiger partial charge is 0.493 e. The maximum atomic E-state index is 11.0. The average molecular weight is 257 g/mol. The highest BCUT2D eigenvalue weighted by Gasteiger charge is 2.09. The zero-order valence-electron chi connectivity index (χ0n) is 10.3. The predicted molar refractivity (Wildman–Crippen MR) is 68.1 cm³/mol. The van der Waals surface area contributed by atoms with Gasteiger partial charge in [-0.1, -0.05) is 13.8 Å². The molecule has 0 aliphatic carbocycles. The monoisotopic (exact) mass is 256 g/mol. The smallest absolute Gasteiger partial charge is 0.252 e. The number of carbonyl (C=O) groups excluding carboxylic acids is 1. The maximum Gasteiger partial charge on any atom is 0.252 e. The van der Waals surface area contributed by atoms with E-state index in [-0.39, 0.29) is 0 Å². The molecule has 0 heterocycles. The molecule has 4 heteroatoms. The molecule has 0 N–H and O–H groups in total. The van der Waals surface area contributed by atoms with Crippen LogP contribution in [0.25, 0.3) is 0 Å². The van der Waals surface area contributed by atoms with Crippen molar-refractivity contribution < 1.29 is 14.3 Å². The number of rotatable bonds is 6. The Kier molecular flexibility index (Phi) is 5.29. The molecular formula is C13H17ClO3. The van der Waals surface area contributed by atoms with E-state index >= 15 is 0 Å². The molecule has 94 valence electrons. The predicted octanol–water partition coefficient (Wildman–Crippen LogP) is 3.50. The molecule has 1 aromatic rings. The van der Waals surface area contributed by atoms with E-state index in [9.17, 15) is 4.79 Å². The second-order valence-electron chi connectivity index (χ2n) is 4.17. The normalized spacial score (nSPS) is 10.4. The molecule has 0 radical (unpaired) electrons. The van der Waals surface area contributed by atoms with Crippen molar-refractivity contribution in [1.82, 2.24) is 0 Å². The highest BCUT2D eigenvalue weighted by Crippen LogP contribution is 2.28. The number of carbonyl (C=O) groups is 1. The van der Waals surface area contributed by atoms with Gasteiger partial charge in [-0.25, -0.2) is 0 Å². The Labute approximate surface area is 107 Å². The number of hydrogen-bond donors (Lipinski definition) is 0. The standard InChI is InChI=1S/C13H17ClO3/c1-9(2)6-7-17-11-5-4-10(13(14)15)8-12(11)16-3/h4-5,8-9H,6-7H2,1-3H3. The summed E-state index contributed by atoms with van der Waals surface area (Å²) in [5.74, 6) is 1.75. The second kappa shape index (κ2) is 6.50. The van der Waals surface area contributed by atoms with E-state index in [1.165, 1.54) is 7.11 Å². The highest BCUT2D eigenvalue weighted by atomic mass is 35.5. The zero-order chi connectivity index (χ0) is 12.8. The molecule has 0 amide bonds. The lowest BCUT2D eigenvalue weighted by Gasteiger charge is -2.12. The van der Waals surface area contributed by atoms with E-state index in [1.54, 1.807) is 18.2 Å². The van der Waals surface area contributed by atoms with Gasteiger partial charge in [0.25, 0.3) is 5.24 Å². The van der Waals surface area contributed by atoms with Crippen LogP contribution in [-0.4, -0.2) is 19.0 Å². The summed E-state index contributed by atoms with van der Waals surface area (Å²) in [4.78, 5) is 11.0. The van der Waals surface area contributed by atoms with Crippen molar-refractivity contribution in [2.45, 2.75) is 20.3 Å². The molecule has 0 aliphatic rings. The van der Waals surface area contributed by atoms with Gasteiger partial charge in [-0.2, -0.15) is 0 Å². The molecule has 0 aliphatic heterocycles. The summed E-state index contributed by atoms with van der Waals surface area (Å²) in [7, 11) is 1.53. The molecule has 1 rings (SSSR count). The first kappa shape index (κ1) is 13.8. The summed E-state index contributed by atoms with van der Waals surface area (Å²) in [6.07, 6.45) is 0.972. The molecule has 0 bridgehead atoms. The molecule has 17 heavy (non-hydrogen) atoms. The summed E-state index contributed by atoms with van der Waals surface area (Å²) in [5.41, 5.74) is 0.403. The van der Waals surface area contributed by atoms with Crippen LogP contribution in [0.3, 0.4) is 0 Å². The molecule has 0 saturated carbocycles. The van der Waals surface area contributed by atoms with Gasteiger partial charge in [0.1, 0.15) is 0 Å². The van der Waals surface area contributed by atoms with E-state index in [0.29, 0.717) is 29.6 Å². The highest BCUT2D eigenvalue weighted by molar-refractivity contribution is 6.67. The lowest BCUT2D eigenvalue weighted by atomic mass is 10.1. The van der Waals surface area contributed by atoms with Gasteiger partial charge in [0.05, 0.1) is 13.7 Å². The number of methoxy groups -OCH3 is 1. The molecule has 0 saturated heterocycles. The van der Waals surface area contributed by atoms with Gasteiger partial charge < -0.3 is 9.47 Å². The van der Waals surface area contributed by atoms with Crippen LogP contribution in [0.5, 0.6) is 11.5 Å². The topological polar surface area (TPSA) is 35.5 Å². The van der Waals surface area contributed by atoms with Crippen molar-refractivity contribution in [2.24, 2.45) is 5.92 Å². The van der Waals surface area contributed by atoms with Crippen LogP contribution in [0.2, 0.25) is 0 Å². The summed E-state index contributed by atoms with van der Waals surface area (Å²) in [6, 6.07) is 4.91. The van der Waals surface area contributed by atoms with Crippen molar-refractivity contribution in [3.8, 4) is 11.5 Å². The van der Waals surface area contributed by atoms with Crippen molar-refractivity contribution in [3.63, 3.8) is 0 Å². The molecule has 0 fully saturated rings. The van der Waals surface area contributed by atoms with E-state index in [0.717, 1.165) is 6.42 Å². The Morgan fingerprint density at radius 3 is 2.59 bits per heavy atom. The number of hydrogen-bond acceptors (Lipinski definition) is 3. The van der Waals surface area contributed by atoms with Crippen molar-refractivity contribution in [2.75, 3.05) is 13.7 Å². The van der Waals surface area contributed by atoms with Crippen LogP contribution >= 0.6 is 11.6 Å². The van der Waals surface area contributed by atoms with Crippen LogP contribution < -0.4 is 9.47 Å². The average Bonchev–Trinajstić information content (AvgIpc) is 2.28. The summed E-state index contributed by atoms with van der Waals surface area (Å²) < 4.78 is 10.8. The lowest BCUT2D eigenvalue weighted by Crippen LogP contribution is -2.03. The van der Waals surface area contributed by atoms with E-state index in [2.05, 4.69) is 13.8 Å². The Hall–Kier alpha value is -1.22. The molecule has 0 atom stereocenters. The van der Waals surface area contributed by atoms with E-state index in [1.807, 2.05) is 0 Å². The van der Waals surface area contributed by atoms with Crippen LogP contribution in [-0.2, 0) is 0 Å². The fourth-order valence-corrected chi connectivity index (χ4v) is 1.43. The first-order valence-electron chi connectivity index (χ1n) is 5.55. The Bertz CT molecular complexity index is 388. The maximum absolute atomic E-state index is 11.0. The third kappa shape index (κ3) is 4.27. The molecule has 1 aromatic carbocycles. The van der Waals surface area contributed by atoms with Crippen LogP contribution in [0.1, 0.15) is 30.6 Å². The number of halogens is 1. The van der Waals surface area contributed by atoms with Crippen LogP contribution in [0.4, 0.5) is 0 Å². The van der Waals surface area contributed by atoms with Gasteiger partial charge in [0.15, 0.2) is 11.5 Å². The minimum atomic E-state index is -0.503. The van der Waals surface area contributed by atoms with Gasteiger partial charge in [-0.15, -0.1) is 0 Å². The molecule has 0 unspecified atom stereocenters. The third-order valence-electron chi connectivity index (χ3n) is 2.34. The minimum Gasteiger partial charge on any atom is -0.493 e. The number of ether oxygens (including phenoxy) is 2. The van der Waals surface area contributed by atoms with Gasteiger partial charge in [-0.3, -0.25) is 4.79 Å². The molecule has 0 spiro atoms. The summed E-state index contributed by atoms with van der Waals surface area (Å²) in [5, 5.41) is -0.503. The Morgan fingerprint density at radius 2 is 2.06 bits per heavy atom. The molecule has 0 aromatic heterocycles. The van der Waals surface area contributed by atoms with Crippen molar-refractivity contribution in [3.05, 3.63) is 23.8 Å². The van der Waals surface area contributed by atoms with Crippen LogP contribution in [0.15, 0.2) is 18.2 Å². The lowest BCUT2D eigenvalue weighted by molar-refractivity contribution is 0.108. The van der Waals surface area contributed by atoms with Crippen LogP contribution in [0, 0.1) is 5.92 Å². The van der Waals surface area contributed by atoms with Crippen molar-refractivity contribution >= 4 is 16.8 Å². The van der Waals surface area contributed by atoms with Crippen molar-refractivity contribution in [1.29, 1.82) is 0 Å². The minimum absolute atomic E-state index is 0.403. The fraction of sp³-hybridized carbons (Fsp3) is 0.462. The summed E-state index contributed by atoms with van der Waals surface area (Å²) in [6.45, 7) is 4.90. The fourth-order valence-electron chi connectivity index (χ4n) is 1.31. The zero-order valence-corrected chi connectivity index (χ0v) is 11.1. The first-order chi connectivity index (χ1) is 8.04. The van der Waals surface area contributed by atoms with Gasteiger partial charge in [0, 0.05) is 5.56 Å². The SMILES string of the molecule is COc1cc(C(=O)Cl)ccc1OCCC(C)C. The Morgan fingerprint density at radius 1 is 1.35 bits per heavy atom. The van der Waals surface area contributed by atoms with Gasteiger partial charge in [-0.05, 0) is 42.1 Å². The van der Waals surface area contributed by atoms with Gasteiger partial charge in [0.2, 0.25) is 0 Å². The third-order valence-corrected chi connectivity index (χ3v) is 2.56.